The average molecular weight is 477 g/mol. The molecule has 1 aliphatic rings. The number of fused-ring (bicyclic) bond motifs is 3. The van der Waals surface area contributed by atoms with Crippen LogP contribution in [0.15, 0.2) is 58.4 Å². The van der Waals surface area contributed by atoms with E-state index < -0.39 is 11.8 Å². The summed E-state index contributed by atoms with van der Waals surface area (Å²) in [6, 6.07) is 13.3. The van der Waals surface area contributed by atoms with E-state index in [0.29, 0.717) is 23.6 Å². The van der Waals surface area contributed by atoms with Crippen LogP contribution in [0, 0.1) is 6.92 Å². The van der Waals surface area contributed by atoms with E-state index >= 15 is 0 Å². The van der Waals surface area contributed by atoms with Gasteiger partial charge in [0.25, 0.3) is 11.8 Å². The van der Waals surface area contributed by atoms with Crippen LogP contribution < -0.4 is 20.7 Å². The molecule has 2 amide bonds. The maximum absolute atomic E-state index is 13.2. The molecule has 0 bridgehead atoms. The number of aryl methyl sites for hydroxylation is 2. The van der Waals surface area contributed by atoms with Crippen molar-refractivity contribution in [2.75, 3.05) is 12.4 Å². The van der Waals surface area contributed by atoms with Crippen LogP contribution in [0.3, 0.4) is 0 Å². The third kappa shape index (κ3) is 5.21. The van der Waals surface area contributed by atoms with Gasteiger partial charge in [0.05, 0.1) is 6.10 Å². The molecule has 0 saturated carbocycles. The van der Waals surface area contributed by atoms with Gasteiger partial charge in [-0.05, 0) is 76.4 Å². The fraction of sp³-hybridized carbons (Fsp3) is 0.296. The van der Waals surface area contributed by atoms with Gasteiger partial charge in [0.1, 0.15) is 11.4 Å². The Balaban J connectivity index is 0.00000361. The molecule has 8 heteroatoms. The van der Waals surface area contributed by atoms with Gasteiger partial charge in [-0.25, -0.2) is 0 Å². The van der Waals surface area contributed by atoms with Gasteiger partial charge in [-0.15, -0.1) is 0 Å². The number of anilines is 1. The Kier molecular flexibility index (Phi) is 6.91. The number of hydrogen-bond donors (Lipinski definition) is 3. The van der Waals surface area contributed by atoms with Crippen molar-refractivity contribution in [3.63, 3.8) is 0 Å². The van der Waals surface area contributed by atoms with E-state index in [2.05, 4.69) is 21.1 Å². The molecule has 8 nitrogen and oxygen atoms in total. The Bertz CT molecular complexity index is 1300. The Labute approximate surface area is 206 Å². The monoisotopic (exact) mass is 476 g/mol. The minimum atomic E-state index is -0.498. The van der Waals surface area contributed by atoms with E-state index in [0.717, 1.165) is 34.4 Å². The normalized spacial score (nSPS) is 12.9. The van der Waals surface area contributed by atoms with E-state index in [1.54, 1.807) is 14.0 Å². The molecule has 0 atom stereocenters. The molecule has 0 spiro atoms. The fourth-order valence-electron chi connectivity index (χ4n) is 3.98. The number of carbonyl (C=O) groups excluding carboxylic acids is 2. The van der Waals surface area contributed by atoms with Crippen molar-refractivity contribution in [3.8, 4) is 17.1 Å². The van der Waals surface area contributed by atoms with Crippen molar-refractivity contribution in [3.05, 3.63) is 76.2 Å². The first-order chi connectivity index (χ1) is 16.8. The minimum Gasteiger partial charge on any atom is -0.491 e. The van der Waals surface area contributed by atoms with Crippen LogP contribution in [0.1, 0.15) is 49.4 Å². The highest BCUT2D eigenvalue weighted by Crippen LogP contribution is 2.37. The Hall–Kier alpha value is -4.07. The topological polar surface area (TPSA) is 105 Å². The third-order valence-corrected chi connectivity index (χ3v) is 5.87. The zero-order chi connectivity index (χ0) is 25.1. The highest BCUT2D eigenvalue weighted by molar-refractivity contribution is 6.08. The van der Waals surface area contributed by atoms with Gasteiger partial charge in [0.15, 0.2) is 11.5 Å². The van der Waals surface area contributed by atoms with Crippen LogP contribution in [-0.2, 0) is 17.6 Å². The van der Waals surface area contributed by atoms with E-state index in [1.165, 1.54) is 0 Å². The van der Waals surface area contributed by atoms with Gasteiger partial charge < -0.3 is 25.2 Å². The molecular weight excluding hydrogens is 444 g/mol. The molecule has 0 radical (unpaired) electrons. The first-order valence-electron chi connectivity index (χ1n) is 11.6. The molecule has 3 N–H and O–H groups in total. The lowest BCUT2D eigenvalue weighted by Crippen LogP contribution is -2.34. The van der Waals surface area contributed by atoms with Gasteiger partial charge in [-0.3, -0.25) is 9.59 Å². The largest absolute Gasteiger partial charge is 0.491 e. The van der Waals surface area contributed by atoms with Crippen molar-refractivity contribution in [1.82, 2.24) is 15.8 Å². The molecular formula is C27H32N4O4. The zero-order valence-corrected chi connectivity index (χ0v) is 20.6. The van der Waals surface area contributed by atoms with Crippen molar-refractivity contribution >= 4 is 17.5 Å². The summed E-state index contributed by atoms with van der Waals surface area (Å²) >= 11 is 0. The standard InChI is InChI=1S/C27H30N4O4.H2/c1-15(2)34-20-11-13-21-18(14-20)8-12-22-24(31-35-25(21)22)27(33)30-23(17(4)28-5)26(32)29-19-9-6-16(3)7-10-19;/h6-7,9-11,13-15,28H,8,12H2,1-5H3,(H,29,32)(H,30,33);1H/b23-17+;. The molecule has 0 fully saturated rings. The van der Waals surface area contributed by atoms with Crippen LogP contribution in [0.25, 0.3) is 11.3 Å². The van der Waals surface area contributed by atoms with Gasteiger partial charge >= 0.3 is 0 Å². The van der Waals surface area contributed by atoms with E-state index in [4.69, 9.17) is 9.26 Å². The summed E-state index contributed by atoms with van der Waals surface area (Å²) in [5, 5.41) is 12.6. The molecule has 184 valence electrons. The van der Waals surface area contributed by atoms with Crippen LogP contribution in [0.5, 0.6) is 5.75 Å². The molecule has 2 aromatic carbocycles. The smallest absolute Gasteiger partial charge is 0.278 e. The second-order valence-electron chi connectivity index (χ2n) is 8.85. The average Bonchev–Trinajstić information content (AvgIpc) is 3.27. The Morgan fingerprint density at radius 1 is 1.11 bits per heavy atom. The molecule has 1 heterocycles. The highest BCUT2D eigenvalue weighted by atomic mass is 16.5. The number of carbonyl (C=O) groups is 2. The van der Waals surface area contributed by atoms with Gasteiger partial charge in [0.2, 0.25) is 0 Å². The highest BCUT2D eigenvalue weighted by Gasteiger charge is 2.29. The number of nitrogens with one attached hydrogen (secondary N) is 3. The Morgan fingerprint density at radius 2 is 1.86 bits per heavy atom. The van der Waals surface area contributed by atoms with Crippen molar-refractivity contribution in [2.45, 2.75) is 46.6 Å². The SMILES string of the molecule is CN/C(C)=C(/NC(=O)c1noc2c1CCc1cc(OC(C)C)ccc1-2)C(=O)Nc1ccc(C)cc1.[HH]. The lowest BCUT2D eigenvalue weighted by Gasteiger charge is -2.18. The number of amides is 2. The van der Waals surface area contributed by atoms with Crippen LogP contribution >= 0.6 is 0 Å². The number of aromatic nitrogens is 1. The third-order valence-electron chi connectivity index (χ3n) is 5.87. The number of hydrogen-bond acceptors (Lipinski definition) is 6. The van der Waals surface area contributed by atoms with E-state index in [-0.39, 0.29) is 18.9 Å². The number of benzene rings is 2. The zero-order valence-electron chi connectivity index (χ0n) is 20.6. The van der Waals surface area contributed by atoms with Gasteiger partial charge in [0, 0.05) is 31.0 Å². The summed E-state index contributed by atoms with van der Waals surface area (Å²) in [5.41, 5.74) is 5.23. The summed E-state index contributed by atoms with van der Waals surface area (Å²) in [6.45, 7) is 7.66. The molecule has 1 aromatic heterocycles. The minimum absolute atomic E-state index is 0. The van der Waals surface area contributed by atoms with E-state index in [1.807, 2.05) is 63.2 Å². The van der Waals surface area contributed by atoms with Gasteiger partial charge in [-0.2, -0.15) is 0 Å². The second-order valence-corrected chi connectivity index (χ2v) is 8.85. The summed E-state index contributed by atoms with van der Waals surface area (Å²) in [6.07, 6.45) is 1.41. The summed E-state index contributed by atoms with van der Waals surface area (Å²) in [4.78, 5) is 26.2. The predicted octanol–water partition coefficient (Wildman–Crippen LogP) is 4.60. The van der Waals surface area contributed by atoms with Crippen LogP contribution in [0.4, 0.5) is 5.69 Å². The maximum atomic E-state index is 13.2. The number of ether oxygens (including phenoxy) is 1. The van der Waals surface area contributed by atoms with E-state index in [9.17, 15) is 9.59 Å². The quantitative estimate of drug-likeness (QED) is 0.431. The molecule has 0 aliphatic heterocycles. The Morgan fingerprint density at radius 3 is 2.54 bits per heavy atom. The summed E-state index contributed by atoms with van der Waals surface area (Å²) in [5.74, 6) is 0.445. The maximum Gasteiger partial charge on any atom is 0.278 e. The van der Waals surface area contributed by atoms with Gasteiger partial charge in [-0.1, -0.05) is 22.9 Å². The molecule has 0 saturated heterocycles. The molecule has 35 heavy (non-hydrogen) atoms. The lowest BCUT2D eigenvalue weighted by molar-refractivity contribution is -0.113. The van der Waals surface area contributed by atoms with Crippen molar-refractivity contribution in [1.29, 1.82) is 0 Å². The van der Waals surface area contributed by atoms with Crippen LogP contribution in [-0.4, -0.2) is 30.1 Å². The first-order valence-corrected chi connectivity index (χ1v) is 11.6. The molecule has 4 rings (SSSR count). The summed E-state index contributed by atoms with van der Waals surface area (Å²) in [7, 11) is 1.69. The number of rotatable bonds is 7. The molecule has 3 aromatic rings. The first kappa shape index (κ1) is 24.1. The molecule has 0 unspecified atom stereocenters. The lowest BCUT2D eigenvalue weighted by atomic mass is 9.89. The fourth-order valence-corrected chi connectivity index (χ4v) is 3.98. The molecule has 1 aliphatic carbocycles. The van der Waals surface area contributed by atoms with Crippen molar-refractivity contribution < 1.29 is 20.3 Å². The summed E-state index contributed by atoms with van der Waals surface area (Å²) < 4.78 is 11.4. The number of allylic oxidation sites excluding steroid dienone is 1. The predicted molar refractivity (Wildman–Crippen MR) is 136 cm³/mol. The van der Waals surface area contributed by atoms with Crippen LogP contribution in [0.2, 0.25) is 0 Å². The van der Waals surface area contributed by atoms with Crippen molar-refractivity contribution in [2.24, 2.45) is 0 Å². The number of nitrogens with zero attached hydrogens (tertiary/aromatic N) is 1. The second kappa shape index (κ2) is 10.0.